The fourth-order valence-electron chi connectivity index (χ4n) is 3.71. The van der Waals surface area contributed by atoms with Gasteiger partial charge in [0.1, 0.15) is 0 Å². The van der Waals surface area contributed by atoms with Crippen molar-refractivity contribution in [2.45, 2.75) is 53.7 Å². The van der Waals surface area contributed by atoms with Gasteiger partial charge in [-0.15, -0.1) is 0 Å². The van der Waals surface area contributed by atoms with Crippen molar-refractivity contribution in [3.8, 4) is 0 Å². The average Bonchev–Trinajstić information content (AvgIpc) is 3.05. The lowest BCUT2D eigenvalue weighted by Crippen LogP contribution is -2.36. The Kier molecular flexibility index (Phi) is 4.43. The molecule has 0 aliphatic carbocycles. The molecule has 2 atom stereocenters. The van der Waals surface area contributed by atoms with Gasteiger partial charge in [-0.25, -0.2) is 9.97 Å². The van der Waals surface area contributed by atoms with E-state index in [0.29, 0.717) is 12.0 Å². The van der Waals surface area contributed by atoms with Gasteiger partial charge >= 0.3 is 0 Å². The van der Waals surface area contributed by atoms with Crippen molar-refractivity contribution in [2.24, 2.45) is 11.3 Å². The zero-order chi connectivity index (χ0) is 16.6. The van der Waals surface area contributed by atoms with Crippen molar-refractivity contribution >= 4 is 5.78 Å². The van der Waals surface area contributed by atoms with Gasteiger partial charge in [-0.2, -0.15) is 0 Å². The van der Waals surface area contributed by atoms with Gasteiger partial charge in [0.05, 0.1) is 18.0 Å². The molecule has 1 N–H and O–H groups in total. The van der Waals surface area contributed by atoms with Crippen LogP contribution in [0, 0.1) is 25.2 Å². The number of fused-ring (bicyclic) bond motifs is 1. The van der Waals surface area contributed by atoms with Crippen LogP contribution in [-0.4, -0.2) is 33.6 Å². The third-order valence-corrected chi connectivity index (χ3v) is 4.64. The molecule has 0 amide bonds. The topological polar surface area (TPSA) is 51.5 Å². The summed E-state index contributed by atoms with van der Waals surface area (Å²) in [5, 5.41) is 3.60. The molecular weight excluding hydrogens is 288 g/mol. The molecule has 1 aliphatic heterocycles. The van der Waals surface area contributed by atoms with E-state index in [1.54, 1.807) is 0 Å². The summed E-state index contributed by atoms with van der Waals surface area (Å²) in [5.41, 5.74) is 3.55. The number of aromatic nitrogens is 3. The van der Waals surface area contributed by atoms with E-state index in [4.69, 9.17) is 4.74 Å². The molecule has 0 radical (unpaired) electrons. The second-order valence-electron chi connectivity index (χ2n) is 7.76. The van der Waals surface area contributed by atoms with E-state index in [2.05, 4.69) is 53.4 Å². The zero-order valence-corrected chi connectivity index (χ0v) is 14.9. The quantitative estimate of drug-likeness (QED) is 0.942. The Morgan fingerprint density at radius 3 is 2.87 bits per heavy atom. The van der Waals surface area contributed by atoms with Gasteiger partial charge in [0.15, 0.2) is 0 Å². The predicted octanol–water partition coefficient (Wildman–Crippen LogP) is 2.89. The third-order valence-electron chi connectivity index (χ3n) is 4.64. The van der Waals surface area contributed by atoms with E-state index in [0.717, 1.165) is 43.3 Å². The van der Waals surface area contributed by atoms with Crippen molar-refractivity contribution in [2.75, 3.05) is 13.2 Å². The maximum absolute atomic E-state index is 5.95. The smallest absolute Gasteiger partial charge is 0.234 e. The van der Waals surface area contributed by atoms with Gasteiger partial charge in [-0.05, 0) is 31.7 Å². The lowest BCUT2D eigenvalue weighted by Gasteiger charge is -2.31. The number of nitrogens with one attached hydrogen (secondary N) is 1. The Morgan fingerprint density at radius 1 is 1.35 bits per heavy atom. The maximum Gasteiger partial charge on any atom is 0.234 e. The minimum Gasteiger partial charge on any atom is -0.377 e. The van der Waals surface area contributed by atoms with Gasteiger partial charge in [0.25, 0.3) is 0 Å². The molecule has 0 aromatic carbocycles. The minimum absolute atomic E-state index is 0.199. The Labute approximate surface area is 138 Å². The van der Waals surface area contributed by atoms with Crippen LogP contribution in [0.1, 0.15) is 44.3 Å². The van der Waals surface area contributed by atoms with E-state index in [1.807, 2.05) is 13.1 Å². The first-order chi connectivity index (χ1) is 10.9. The van der Waals surface area contributed by atoms with E-state index in [-0.39, 0.29) is 5.41 Å². The summed E-state index contributed by atoms with van der Waals surface area (Å²) in [7, 11) is 0. The molecule has 23 heavy (non-hydrogen) atoms. The molecular formula is C18H28N4O. The Balaban J connectivity index is 1.65. The van der Waals surface area contributed by atoms with E-state index in [9.17, 15) is 0 Å². The van der Waals surface area contributed by atoms with E-state index < -0.39 is 0 Å². The molecule has 2 aromatic heterocycles. The van der Waals surface area contributed by atoms with Crippen LogP contribution in [0.4, 0.5) is 0 Å². The van der Waals surface area contributed by atoms with Crippen LogP contribution in [0.3, 0.4) is 0 Å². The Morgan fingerprint density at radius 2 is 2.13 bits per heavy atom. The van der Waals surface area contributed by atoms with Crippen molar-refractivity contribution in [1.29, 1.82) is 0 Å². The first kappa shape index (κ1) is 16.4. The summed E-state index contributed by atoms with van der Waals surface area (Å²) in [6, 6.07) is 2.10. The summed E-state index contributed by atoms with van der Waals surface area (Å²) >= 11 is 0. The molecule has 126 valence electrons. The number of hydrogen-bond donors (Lipinski definition) is 1. The summed E-state index contributed by atoms with van der Waals surface area (Å²) in [6.07, 6.45) is 3.40. The van der Waals surface area contributed by atoms with Gasteiger partial charge in [0, 0.05) is 37.0 Å². The molecule has 1 saturated heterocycles. The molecule has 1 aliphatic rings. The van der Waals surface area contributed by atoms with Crippen LogP contribution >= 0.6 is 0 Å². The number of aryl methyl sites for hydroxylation is 2. The van der Waals surface area contributed by atoms with Crippen LogP contribution in [0.5, 0.6) is 0 Å². The number of rotatable bonds is 4. The molecule has 3 rings (SSSR count). The molecule has 3 heterocycles. The number of hydrogen-bond acceptors (Lipinski definition) is 4. The van der Waals surface area contributed by atoms with Crippen LogP contribution < -0.4 is 5.32 Å². The second kappa shape index (κ2) is 6.21. The minimum atomic E-state index is 0.199. The largest absolute Gasteiger partial charge is 0.377 e. The monoisotopic (exact) mass is 316 g/mol. The van der Waals surface area contributed by atoms with Crippen molar-refractivity contribution in [1.82, 2.24) is 19.7 Å². The molecule has 0 spiro atoms. The highest BCUT2D eigenvalue weighted by molar-refractivity contribution is 5.35. The van der Waals surface area contributed by atoms with E-state index in [1.165, 1.54) is 5.69 Å². The van der Waals surface area contributed by atoms with Crippen molar-refractivity contribution < 1.29 is 4.74 Å². The number of ether oxygens (including phenoxy) is 1. The standard InChI is InChI=1S/C18H28N4O/c1-12-8-13(2)22-15(11-20-17(22)21-12)10-19-9-14-6-7-23-16(14)18(3,4)5/h8,11,14,16,19H,6-7,9-10H2,1-5H3. The average molecular weight is 316 g/mol. The first-order valence-corrected chi connectivity index (χ1v) is 8.49. The molecule has 5 heteroatoms. The lowest BCUT2D eigenvalue weighted by molar-refractivity contribution is 0.00719. The zero-order valence-electron chi connectivity index (χ0n) is 14.9. The van der Waals surface area contributed by atoms with Gasteiger partial charge in [0.2, 0.25) is 5.78 Å². The van der Waals surface area contributed by atoms with E-state index >= 15 is 0 Å². The van der Waals surface area contributed by atoms with Crippen molar-refractivity contribution in [3.63, 3.8) is 0 Å². The normalized spacial score (nSPS) is 22.1. The second-order valence-corrected chi connectivity index (χ2v) is 7.76. The van der Waals surface area contributed by atoms with Gasteiger partial charge in [-0.1, -0.05) is 20.8 Å². The molecule has 0 bridgehead atoms. The predicted molar refractivity (Wildman–Crippen MR) is 91.5 cm³/mol. The van der Waals surface area contributed by atoms with Gasteiger partial charge in [-0.3, -0.25) is 4.40 Å². The number of nitrogens with zero attached hydrogens (tertiary/aromatic N) is 3. The summed E-state index contributed by atoms with van der Waals surface area (Å²) < 4.78 is 8.08. The van der Waals surface area contributed by atoms with Crippen molar-refractivity contribution in [3.05, 3.63) is 29.3 Å². The fourth-order valence-corrected chi connectivity index (χ4v) is 3.71. The SMILES string of the molecule is Cc1cc(C)n2c(CNCC3CCOC3C(C)(C)C)cnc2n1. The fraction of sp³-hybridized carbons (Fsp3) is 0.667. The molecule has 0 saturated carbocycles. The summed E-state index contributed by atoms with van der Waals surface area (Å²) in [5.74, 6) is 1.37. The molecule has 2 unspecified atom stereocenters. The third kappa shape index (κ3) is 3.40. The van der Waals surface area contributed by atoms with Gasteiger partial charge < -0.3 is 10.1 Å². The van der Waals surface area contributed by atoms with Crippen LogP contribution in [0.2, 0.25) is 0 Å². The highest BCUT2D eigenvalue weighted by Crippen LogP contribution is 2.34. The molecule has 2 aromatic rings. The molecule has 1 fully saturated rings. The summed E-state index contributed by atoms with van der Waals surface area (Å²) in [6.45, 7) is 13.6. The Hall–Kier alpha value is -1.46. The van der Waals surface area contributed by atoms with Crippen LogP contribution in [-0.2, 0) is 11.3 Å². The Bertz CT molecular complexity index is 686. The maximum atomic E-state index is 5.95. The molecule has 5 nitrogen and oxygen atoms in total. The number of imidazole rings is 1. The highest BCUT2D eigenvalue weighted by atomic mass is 16.5. The van der Waals surface area contributed by atoms with Crippen LogP contribution in [0.15, 0.2) is 12.3 Å². The van der Waals surface area contributed by atoms with Crippen LogP contribution in [0.25, 0.3) is 5.78 Å². The highest BCUT2D eigenvalue weighted by Gasteiger charge is 2.36. The first-order valence-electron chi connectivity index (χ1n) is 8.49. The lowest BCUT2D eigenvalue weighted by atomic mass is 9.81. The summed E-state index contributed by atoms with van der Waals surface area (Å²) in [4.78, 5) is 8.92.